The molecule has 1 aliphatic rings. The summed E-state index contributed by atoms with van der Waals surface area (Å²) < 4.78 is 5.25. The second-order valence-electron chi connectivity index (χ2n) is 4.09. The average Bonchev–Trinajstić information content (AvgIpc) is 2.25. The highest BCUT2D eigenvalue weighted by molar-refractivity contribution is 5.70. The van der Waals surface area contributed by atoms with E-state index in [0.29, 0.717) is 13.0 Å². The highest BCUT2D eigenvalue weighted by Gasteiger charge is 2.21. The summed E-state index contributed by atoms with van der Waals surface area (Å²) in [6.07, 6.45) is 3.91. The molecule has 1 fully saturated rings. The summed E-state index contributed by atoms with van der Waals surface area (Å²) in [4.78, 5) is 11.4. The molecule has 3 heteroatoms. The summed E-state index contributed by atoms with van der Waals surface area (Å²) in [6.45, 7) is 0.634. The molecule has 0 spiro atoms. The lowest BCUT2D eigenvalue weighted by Crippen LogP contribution is -2.25. The summed E-state index contributed by atoms with van der Waals surface area (Å²) in [6, 6.07) is 9.87. The highest BCUT2D eigenvalue weighted by Crippen LogP contribution is 2.22. The van der Waals surface area contributed by atoms with E-state index in [4.69, 9.17) is 4.74 Å². The SMILES string of the molecule is O=C(CCNc1ccccc1)OC1CCC1. The van der Waals surface area contributed by atoms with Gasteiger partial charge in [-0.05, 0) is 31.4 Å². The fraction of sp³-hybridized carbons (Fsp3) is 0.462. The van der Waals surface area contributed by atoms with Gasteiger partial charge in [0.25, 0.3) is 0 Å². The quantitative estimate of drug-likeness (QED) is 0.773. The van der Waals surface area contributed by atoms with Gasteiger partial charge in [-0.25, -0.2) is 0 Å². The minimum Gasteiger partial charge on any atom is -0.462 e. The van der Waals surface area contributed by atoms with E-state index >= 15 is 0 Å². The molecule has 0 aliphatic heterocycles. The van der Waals surface area contributed by atoms with Crippen LogP contribution >= 0.6 is 0 Å². The number of para-hydroxylation sites is 1. The molecular weight excluding hydrogens is 202 g/mol. The van der Waals surface area contributed by atoms with E-state index in [1.54, 1.807) is 0 Å². The van der Waals surface area contributed by atoms with E-state index < -0.39 is 0 Å². The number of carbonyl (C=O) groups excluding carboxylic acids is 1. The molecule has 1 aliphatic carbocycles. The lowest BCUT2D eigenvalue weighted by molar-refractivity contribution is -0.152. The lowest BCUT2D eigenvalue weighted by Gasteiger charge is -2.25. The number of anilines is 1. The van der Waals surface area contributed by atoms with Crippen LogP contribution in [0.15, 0.2) is 30.3 Å². The first-order chi connectivity index (χ1) is 7.84. The van der Waals surface area contributed by atoms with Crippen molar-refractivity contribution in [2.24, 2.45) is 0 Å². The van der Waals surface area contributed by atoms with Gasteiger partial charge in [0, 0.05) is 12.2 Å². The van der Waals surface area contributed by atoms with E-state index in [9.17, 15) is 4.79 Å². The van der Waals surface area contributed by atoms with Crippen molar-refractivity contribution in [2.75, 3.05) is 11.9 Å². The monoisotopic (exact) mass is 219 g/mol. The number of hydrogen-bond donors (Lipinski definition) is 1. The van der Waals surface area contributed by atoms with Crippen LogP contribution in [0.25, 0.3) is 0 Å². The van der Waals surface area contributed by atoms with Crippen molar-refractivity contribution in [1.29, 1.82) is 0 Å². The molecule has 0 bridgehead atoms. The third-order valence-corrected chi connectivity index (χ3v) is 2.78. The summed E-state index contributed by atoms with van der Waals surface area (Å²) in [5.74, 6) is -0.0897. The normalized spacial score (nSPS) is 15.2. The van der Waals surface area contributed by atoms with Crippen molar-refractivity contribution in [3.05, 3.63) is 30.3 Å². The standard InChI is InChI=1S/C13H17NO2/c15-13(16-12-7-4-8-12)9-10-14-11-5-2-1-3-6-11/h1-3,5-6,12,14H,4,7-10H2. The van der Waals surface area contributed by atoms with Gasteiger partial charge in [-0.1, -0.05) is 18.2 Å². The molecule has 0 atom stereocenters. The van der Waals surface area contributed by atoms with Gasteiger partial charge in [0.1, 0.15) is 6.10 Å². The van der Waals surface area contributed by atoms with Gasteiger partial charge in [-0.3, -0.25) is 4.79 Å². The van der Waals surface area contributed by atoms with E-state index in [1.165, 1.54) is 6.42 Å². The van der Waals surface area contributed by atoms with Crippen molar-refractivity contribution in [3.8, 4) is 0 Å². The Kier molecular flexibility index (Phi) is 3.81. The Bertz CT molecular complexity index is 333. The first-order valence-corrected chi connectivity index (χ1v) is 5.83. The van der Waals surface area contributed by atoms with Crippen molar-refractivity contribution >= 4 is 11.7 Å². The van der Waals surface area contributed by atoms with Crippen LogP contribution in [-0.4, -0.2) is 18.6 Å². The van der Waals surface area contributed by atoms with Crippen LogP contribution in [0.1, 0.15) is 25.7 Å². The zero-order valence-electron chi connectivity index (χ0n) is 9.32. The third-order valence-electron chi connectivity index (χ3n) is 2.78. The van der Waals surface area contributed by atoms with Gasteiger partial charge in [-0.2, -0.15) is 0 Å². The number of ether oxygens (including phenoxy) is 1. The maximum Gasteiger partial charge on any atom is 0.307 e. The third kappa shape index (κ3) is 3.26. The maximum absolute atomic E-state index is 11.4. The van der Waals surface area contributed by atoms with Crippen LogP contribution in [0.4, 0.5) is 5.69 Å². The number of carbonyl (C=O) groups is 1. The largest absolute Gasteiger partial charge is 0.462 e. The second kappa shape index (κ2) is 5.54. The van der Waals surface area contributed by atoms with Crippen LogP contribution in [0.2, 0.25) is 0 Å². The molecule has 0 aromatic heterocycles. The van der Waals surface area contributed by atoms with Crippen LogP contribution in [0.5, 0.6) is 0 Å². The predicted octanol–water partition coefficient (Wildman–Crippen LogP) is 2.58. The van der Waals surface area contributed by atoms with Gasteiger partial charge < -0.3 is 10.1 Å². The Labute approximate surface area is 95.8 Å². The van der Waals surface area contributed by atoms with Crippen molar-refractivity contribution in [3.63, 3.8) is 0 Å². The molecule has 0 radical (unpaired) electrons. The average molecular weight is 219 g/mol. The second-order valence-corrected chi connectivity index (χ2v) is 4.09. The fourth-order valence-corrected chi connectivity index (χ4v) is 1.60. The van der Waals surface area contributed by atoms with Gasteiger partial charge in [0.15, 0.2) is 0 Å². The zero-order valence-corrected chi connectivity index (χ0v) is 9.32. The Morgan fingerprint density at radius 1 is 1.31 bits per heavy atom. The Morgan fingerprint density at radius 2 is 2.06 bits per heavy atom. The maximum atomic E-state index is 11.4. The molecule has 2 rings (SSSR count). The van der Waals surface area contributed by atoms with E-state index in [-0.39, 0.29) is 12.1 Å². The Balaban J connectivity index is 1.62. The molecule has 1 aromatic rings. The van der Waals surface area contributed by atoms with Crippen molar-refractivity contribution in [1.82, 2.24) is 0 Å². The Morgan fingerprint density at radius 3 is 2.69 bits per heavy atom. The highest BCUT2D eigenvalue weighted by atomic mass is 16.5. The van der Waals surface area contributed by atoms with E-state index in [0.717, 1.165) is 18.5 Å². The molecule has 1 saturated carbocycles. The zero-order chi connectivity index (χ0) is 11.2. The number of hydrogen-bond acceptors (Lipinski definition) is 3. The number of nitrogens with one attached hydrogen (secondary N) is 1. The van der Waals surface area contributed by atoms with Crippen LogP contribution in [0.3, 0.4) is 0 Å². The minimum atomic E-state index is -0.0897. The minimum absolute atomic E-state index is 0.0897. The Hall–Kier alpha value is -1.51. The van der Waals surface area contributed by atoms with Crippen molar-refractivity contribution in [2.45, 2.75) is 31.8 Å². The summed E-state index contributed by atoms with van der Waals surface area (Å²) in [5.41, 5.74) is 1.04. The first kappa shape index (κ1) is 11.0. The summed E-state index contributed by atoms with van der Waals surface area (Å²) in [5, 5.41) is 3.18. The van der Waals surface area contributed by atoms with Crippen LogP contribution in [-0.2, 0) is 9.53 Å². The molecule has 1 N–H and O–H groups in total. The first-order valence-electron chi connectivity index (χ1n) is 5.83. The van der Waals surface area contributed by atoms with E-state index in [2.05, 4.69) is 5.32 Å². The summed E-state index contributed by atoms with van der Waals surface area (Å²) >= 11 is 0. The molecule has 0 amide bonds. The molecule has 16 heavy (non-hydrogen) atoms. The molecule has 0 saturated heterocycles. The van der Waals surface area contributed by atoms with Gasteiger partial charge in [0.05, 0.1) is 6.42 Å². The number of rotatable bonds is 5. The predicted molar refractivity (Wildman–Crippen MR) is 63.3 cm³/mol. The van der Waals surface area contributed by atoms with Crippen LogP contribution < -0.4 is 5.32 Å². The van der Waals surface area contributed by atoms with Gasteiger partial charge in [0.2, 0.25) is 0 Å². The van der Waals surface area contributed by atoms with Crippen molar-refractivity contribution < 1.29 is 9.53 Å². The van der Waals surface area contributed by atoms with Gasteiger partial charge >= 0.3 is 5.97 Å². The molecule has 3 nitrogen and oxygen atoms in total. The number of benzene rings is 1. The molecule has 0 heterocycles. The van der Waals surface area contributed by atoms with Gasteiger partial charge in [-0.15, -0.1) is 0 Å². The molecule has 1 aromatic carbocycles. The van der Waals surface area contributed by atoms with Crippen LogP contribution in [0, 0.1) is 0 Å². The molecular formula is C13H17NO2. The molecule has 86 valence electrons. The fourth-order valence-electron chi connectivity index (χ4n) is 1.60. The smallest absolute Gasteiger partial charge is 0.307 e. The lowest BCUT2D eigenvalue weighted by atomic mass is 9.96. The summed E-state index contributed by atoms with van der Waals surface area (Å²) in [7, 11) is 0. The number of esters is 1. The topological polar surface area (TPSA) is 38.3 Å². The van der Waals surface area contributed by atoms with E-state index in [1.807, 2.05) is 30.3 Å². The molecule has 0 unspecified atom stereocenters.